The van der Waals surface area contributed by atoms with Crippen molar-refractivity contribution >= 4 is 27.3 Å². The zero-order valence-electron chi connectivity index (χ0n) is 16.2. The molecule has 1 N–H and O–H groups in total. The number of amides is 1. The summed E-state index contributed by atoms with van der Waals surface area (Å²) in [4.78, 5) is 12.9. The van der Waals surface area contributed by atoms with Crippen LogP contribution in [-0.2, 0) is 14.8 Å². The Morgan fingerprint density at radius 2 is 1.67 bits per heavy atom. The Morgan fingerprint density at radius 3 is 2.40 bits per heavy atom. The summed E-state index contributed by atoms with van der Waals surface area (Å²) in [5, 5.41) is 2.72. The van der Waals surface area contributed by atoms with E-state index in [1.807, 2.05) is 6.92 Å². The molecule has 1 aliphatic rings. The Bertz CT molecular complexity index is 1160. The van der Waals surface area contributed by atoms with Crippen LogP contribution in [0.1, 0.15) is 5.56 Å². The number of benzene rings is 3. The molecule has 3 aromatic rings. The van der Waals surface area contributed by atoms with Gasteiger partial charge in [0.25, 0.3) is 10.0 Å². The van der Waals surface area contributed by atoms with Gasteiger partial charge in [-0.1, -0.05) is 35.9 Å². The highest BCUT2D eigenvalue weighted by molar-refractivity contribution is 7.92. The molecule has 30 heavy (non-hydrogen) atoms. The Balaban J connectivity index is 1.60. The molecule has 1 amide bonds. The van der Waals surface area contributed by atoms with Crippen LogP contribution in [0.2, 0.25) is 0 Å². The van der Waals surface area contributed by atoms with Crippen molar-refractivity contribution in [3.8, 4) is 11.5 Å². The Kier molecular flexibility index (Phi) is 5.33. The summed E-state index contributed by atoms with van der Waals surface area (Å²) in [6, 6.07) is 20.1. The van der Waals surface area contributed by atoms with E-state index in [4.69, 9.17) is 9.47 Å². The lowest BCUT2D eigenvalue weighted by Crippen LogP contribution is -2.38. The molecule has 0 aliphatic carbocycles. The maximum Gasteiger partial charge on any atom is 0.264 e. The van der Waals surface area contributed by atoms with E-state index >= 15 is 0 Å². The van der Waals surface area contributed by atoms with Gasteiger partial charge in [-0.15, -0.1) is 0 Å². The SMILES string of the molecule is Cc1ccc(S(=O)(=O)N(CC(=O)Nc2ccc3c(c2)OCO3)c2ccccc2)cc1. The van der Waals surface area contributed by atoms with Crippen LogP contribution in [-0.4, -0.2) is 27.7 Å². The number of sulfonamides is 1. The van der Waals surface area contributed by atoms with Gasteiger partial charge >= 0.3 is 0 Å². The third kappa shape index (κ3) is 4.08. The third-order valence-electron chi connectivity index (χ3n) is 4.60. The van der Waals surface area contributed by atoms with Crippen molar-refractivity contribution in [2.75, 3.05) is 23.0 Å². The van der Waals surface area contributed by atoms with Crippen molar-refractivity contribution in [3.63, 3.8) is 0 Å². The first-order chi connectivity index (χ1) is 14.4. The molecule has 0 spiro atoms. The molecule has 7 nitrogen and oxygen atoms in total. The summed E-state index contributed by atoms with van der Waals surface area (Å²) in [6.45, 7) is 1.63. The molecule has 0 unspecified atom stereocenters. The third-order valence-corrected chi connectivity index (χ3v) is 6.38. The molecule has 1 heterocycles. The quantitative estimate of drug-likeness (QED) is 0.654. The summed E-state index contributed by atoms with van der Waals surface area (Å²) in [7, 11) is -3.94. The molecule has 8 heteroatoms. The fourth-order valence-corrected chi connectivity index (χ4v) is 4.47. The van der Waals surface area contributed by atoms with Gasteiger partial charge in [-0.25, -0.2) is 8.42 Å². The zero-order valence-corrected chi connectivity index (χ0v) is 17.1. The number of aryl methyl sites for hydroxylation is 1. The van der Waals surface area contributed by atoms with Crippen LogP contribution in [0, 0.1) is 6.92 Å². The van der Waals surface area contributed by atoms with Crippen molar-refractivity contribution in [1.82, 2.24) is 0 Å². The van der Waals surface area contributed by atoms with Crippen LogP contribution in [0.15, 0.2) is 77.7 Å². The first-order valence-electron chi connectivity index (χ1n) is 9.27. The lowest BCUT2D eigenvalue weighted by Gasteiger charge is -2.24. The highest BCUT2D eigenvalue weighted by Crippen LogP contribution is 2.34. The predicted octanol–water partition coefficient (Wildman–Crippen LogP) is 3.56. The van der Waals surface area contributed by atoms with E-state index in [9.17, 15) is 13.2 Å². The maximum atomic E-state index is 13.3. The standard InChI is InChI=1S/C22H20N2O5S/c1-16-7-10-19(11-8-16)30(26,27)24(18-5-3-2-4-6-18)14-22(25)23-17-9-12-20-21(13-17)29-15-28-20/h2-13H,14-15H2,1H3,(H,23,25). The molecular formula is C22H20N2O5S. The maximum absolute atomic E-state index is 13.3. The Hall–Kier alpha value is -3.52. The average molecular weight is 424 g/mol. The fourth-order valence-electron chi connectivity index (χ4n) is 3.05. The van der Waals surface area contributed by atoms with E-state index in [0.29, 0.717) is 22.9 Å². The predicted molar refractivity (Wildman–Crippen MR) is 113 cm³/mol. The molecule has 154 valence electrons. The second-order valence-electron chi connectivity index (χ2n) is 6.78. The highest BCUT2D eigenvalue weighted by Gasteiger charge is 2.27. The number of ether oxygens (including phenoxy) is 2. The van der Waals surface area contributed by atoms with Crippen molar-refractivity contribution in [2.24, 2.45) is 0 Å². The topological polar surface area (TPSA) is 84.9 Å². The Morgan fingerprint density at radius 1 is 0.967 bits per heavy atom. The summed E-state index contributed by atoms with van der Waals surface area (Å²) >= 11 is 0. The largest absolute Gasteiger partial charge is 0.454 e. The normalized spacial score (nSPS) is 12.4. The summed E-state index contributed by atoms with van der Waals surface area (Å²) < 4.78 is 38.3. The molecule has 0 aromatic heterocycles. The minimum Gasteiger partial charge on any atom is -0.454 e. The van der Waals surface area contributed by atoms with E-state index in [-0.39, 0.29) is 18.2 Å². The summed E-state index contributed by atoms with van der Waals surface area (Å²) in [5.74, 6) is 0.647. The van der Waals surface area contributed by atoms with Crippen LogP contribution in [0.4, 0.5) is 11.4 Å². The molecule has 1 aliphatic heterocycles. The minimum atomic E-state index is -3.94. The van der Waals surface area contributed by atoms with Crippen LogP contribution in [0.25, 0.3) is 0 Å². The van der Waals surface area contributed by atoms with E-state index < -0.39 is 15.9 Å². The summed E-state index contributed by atoms with van der Waals surface area (Å²) in [6.07, 6.45) is 0. The number of hydrogen-bond acceptors (Lipinski definition) is 5. The fraction of sp³-hybridized carbons (Fsp3) is 0.136. The molecule has 0 saturated carbocycles. The van der Waals surface area contributed by atoms with E-state index in [1.54, 1.807) is 60.7 Å². The van der Waals surface area contributed by atoms with Crippen LogP contribution < -0.4 is 19.1 Å². The highest BCUT2D eigenvalue weighted by atomic mass is 32.2. The lowest BCUT2D eigenvalue weighted by atomic mass is 10.2. The summed E-state index contributed by atoms with van der Waals surface area (Å²) in [5.41, 5.74) is 1.84. The molecule has 0 saturated heterocycles. The number of rotatable bonds is 6. The number of carbonyl (C=O) groups is 1. The number of nitrogens with zero attached hydrogens (tertiary/aromatic N) is 1. The van der Waals surface area contributed by atoms with Crippen molar-refractivity contribution < 1.29 is 22.7 Å². The molecule has 0 atom stereocenters. The molecule has 0 fully saturated rings. The number of carbonyl (C=O) groups excluding carboxylic acids is 1. The zero-order chi connectivity index (χ0) is 21.1. The number of fused-ring (bicyclic) bond motifs is 1. The van der Waals surface area contributed by atoms with Gasteiger partial charge in [-0.2, -0.15) is 0 Å². The average Bonchev–Trinajstić information content (AvgIpc) is 3.21. The number of hydrogen-bond donors (Lipinski definition) is 1. The minimum absolute atomic E-state index is 0.118. The van der Waals surface area contributed by atoms with Crippen molar-refractivity contribution in [2.45, 2.75) is 11.8 Å². The van der Waals surface area contributed by atoms with Crippen molar-refractivity contribution in [1.29, 1.82) is 0 Å². The van der Waals surface area contributed by atoms with Gasteiger partial charge in [0.1, 0.15) is 6.54 Å². The molecular weight excluding hydrogens is 404 g/mol. The monoisotopic (exact) mass is 424 g/mol. The van der Waals surface area contributed by atoms with Gasteiger partial charge in [0.15, 0.2) is 11.5 Å². The first-order valence-corrected chi connectivity index (χ1v) is 10.7. The van der Waals surface area contributed by atoms with E-state index in [2.05, 4.69) is 5.32 Å². The smallest absolute Gasteiger partial charge is 0.264 e. The van der Waals surface area contributed by atoms with Gasteiger partial charge in [-0.3, -0.25) is 9.10 Å². The van der Waals surface area contributed by atoms with Gasteiger partial charge in [0.05, 0.1) is 10.6 Å². The molecule has 0 radical (unpaired) electrons. The van der Waals surface area contributed by atoms with Crippen molar-refractivity contribution in [3.05, 3.63) is 78.4 Å². The van der Waals surface area contributed by atoms with Gasteiger partial charge in [0, 0.05) is 11.8 Å². The first kappa shape index (κ1) is 19.8. The molecule has 3 aromatic carbocycles. The number of nitrogens with one attached hydrogen (secondary N) is 1. The van der Waals surface area contributed by atoms with Crippen LogP contribution >= 0.6 is 0 Å². The van der Waals surface area contributed by atoms with Crippen LogP contribution in [0.3, 0.4) is 0 Å². The molecule has 0 bridgehead atoms. The van der Waals surface area contributed by atoms with Gasteiger partial charge in [0.2, 0.25) is 12.7 Å². The second kappa shape index (κ2) is 8.08. The second-order valence-corrected chi connectivity index (χ2v) is 8.64. The van der Waals surface area contributed by atoms with Gasteiger partial charge in [-0.05, 0) is 43.3 Å². The Labute approximate surface area is 174 Å². The number of para-hydroxylation sites is 1. The van der Waals surface area contributed by atoms with E-state index in [0.717, 1.165) is 9.87 Å². The van der Waals surface area contributed by atoms with Gasteiger partial charge < -0.3 is 14.8 Å². The molecule has 4 rings (SSSR count). The van der Waals surface area contributed by atoms with Crippen LogP contribution in [0.5, 0.6) is 11.5 Å². The lowest BCUT2D eigenvalue weighted by molar-refractivity contribution is -0.114. The van der Waals surface area contributed by atoms with E-state index in [1.165, 1.54) is 12.1 Å². The number of anilines is 2.